The fourth-order valence-electron chi connectivity index (χ4n) is 1.41. The van der Waals surface area contributed by atoms with Crippen molar-refractivity contribution in [1.82, 2.24) is 0 Å². The van der Waals surface area contributed by atoms with E-state index in [4.69, 9.17) is 0 Å². The Morgan fingerprint density at radius 1 is 1.25 bits per heavy atom. The lowest BCUT2D eigenvalue weighted by molar-refractivity contribution is -0.116. The van der Waals surface area contributed by atoms with Crippen LogP contribution in [0.4, 0.5) is 5.69 Å². The Bertz CT molecular complexity index is 343. The molecule has 0 saturated heterocycles. The predicted octanol–water partition coefficient (Wildman–Crippen LogP) is 4.17. The Morgan fingerprint density at radius 3 is 2.25 bits per heavy atom. The van der Waals surface area contributed by atoms with Crippen LogP contribution in [0.2, 0.25) is 0 Å². The van der Waals surface area contributed by atoms with Crippen LogP contribution in [0.1, 0.15) is 36.7 Å². The minimum Gasteiger partial charge on any atom is -0.326 e. The molecule has 0 radical (unpaired) electrons. The zero-order chi connectivity index (χ0) is 12.1. The van der Waals surface area contributed by atoms with Crippen molar-refractivity contribution in [2.24, 2.45) is 5.92 Å². The van der Waals surface area contributed by atoms with Gasteiger partial charge in [0.2, 0.25) is 5.91 Å². The number of nitrogens with one attached hydrogen (secondary N) is 1. The highest BCUT2D eigenvalue weighted by Crippen LogP contribution is 2.23. The molecule has 1 N–H and O–H groups in total. The van der Waals surface area contributed by atoms with Gasteiger partial charge in [0.05, 0.1) is 0 Å². The molecule has 88 valence electrons. The van der Waals surface area contributed by atoms with Crippen LogP contribution >= 0.6 is 22.6 Å². The fourth-order valence-corrected chi connectivity index (χ4v) is 1.83. The Kier molecular flexibility index (Phi) is 5.25. The molecule has 0 aliphatic rings. The smallest absolute Gasteiger partial charge is 0.224 e. The first-order valence-corrected chi connectivity index (χ1v) is 6.77. The highest BCUT2D eigenvalue weighted by Gasteiger charge is 2.05. The minimum absolute atomic E-state index is 0.0882. The van der Waals surface area contributed by atoms with E-state index in [0.717, 1.165) is 5.69 Å². The number of hydrogen-bond acceptors (Lipinski definition) is 1. The second-order valence-electron chi connectivity index (χ2n) is 4.38. The maximum atomic E-state index is 11.5. The minimum atomic E-state index is 0.0882. The number of rotatable bonds is 4. The molecular formula is C13H18INO. The number of halogens is 1. The van der Waals surface area contributed by atoms with Gasteiger partial charge in [-0.3, -0.25) is 4.79 Å². The number of anilines is 1. The molecule has 0 bridgehead atoms. The third-order valence-electron chi connectivity index (χ3n) is 2.25. The number of hydrogen-bond donors (Lipinski definition) is 1. The van der Waals surface area contributed by atoms with Crippen molar-refractivity contribution in [3.8, 4) is 0 Å². The third-order valence-corrected chi connectivity index (χ3v) is 2.97. The Morgan fingerprint density at radius 2 is 1.81 bits per heavy atom. The molecule has 0 spiro atoms. The summed E-state index contributed by atoms with van der Waals surface area (Å²) < 4.78 is 0.498. The van der Waals surface area contributed by atoms with Crippen LogP contribution in [0, 0.1) is 5.92 Å². The molecule has 0 aliphatic heterocycles. The molecule has 1 aromatic carbocycles. The van der Waals surface area contributed by atoms with Gasteiger partial charge in [-0.15, -0.1) is 0 Å². The number of carbonyl (C=O) groups excluding carboxylic acids is 1. The van der Waals surface area contributed by atoms with Crippen molar-refractivity contribution in [2.45, 2.75) is 31.1 Å². The van der Waals surface area contributed by atoms with E-state index in [-0.39, 0.29) is 5.91 Å². The number of alkyl halides is 1. The van der Waals surface area contributed by atoms with Crippen LogP contribution in [-0.4, -0.2) is 5.91 Å². The van der Waals surface area contributed by atoms with Gasteiger partial charge in [-0.2, -0.15) is 0 Å². The first kappa shape index (κ1) is 13.5. The molecule has 2 nitrogen and oxygen atoms in total. The van der Waals surface area contributed by atoms with Crippen LogP contribution in [0.25, 0.3) is 0 Å². The summed E-state index contributed by atoms with van der Waals surface area (Å²) in [7, 11) is 0. The summed E-state index contributed by atoms with van der Waals surface area (Å²) in [4.78, 5) is 11.5. The lowest BCUT2D eigenvalue weighted by Gasteiger charge is -2.08. The average molecular weight is 331 g/mol. The normalized spacial score (nSPS) is 12.6. The lowest BCUT2D eigenvalue weighted by atomic mass is 10.1. The summed E-state index contributed by atoms with van der Waals surface area (Å²) >= 11 is 2.37. The van der Waals surface area contributed by atoms with E-state index in [1.165, 1.54) is 5.56 Å². The first-order valence-electron chi connectivity index (χ1n) is 5.53. The van der Waals surface area contributed by atoms with Gasteiger partial charge in [-0.1, -0.05) is 48.6 Å². The second kappa shape index (κ2) is 6.23. The maximum Gasteiger partial charge on any atom is 0.224 e. The van der Waals surface area contributed by atoms with Crippen molar-refractivity contribution in [3.63, 3.8) is 0 Å². The van der Waals surface area contributed by atoms with Gasteiger partial charge in [0.15, 0.2) is 0 Å². The molecule has 3 heteroatoms. The fraction of sp³-hybridized carbons (Fsp3) is 0.462. The highest BCUT2D eigenvalue weighted by atomic mass is 127. The zero-order valence-electron chi connectivity index (χ0n) is 9.96. The summed E-state index contributed by atoms with van der Waals surface area (Å²) in [5.74, 6) is 0.485. The van der Waals surface area contributed by atoms with Crippen molar-refractivity contribution in [1.29, 1.82) is 0 Å². The summed E-state index contributed by atoms with van der Waals surface area (Å²) in [6.45, 7) is 6.23. The maximum absolute atomic E-state index is 11.5. The molecule has 0 heterocycles. The summed E-state index contributed by atoms with van der Waals surface area (Å²) in [5, 5.41) is 2.90. The second-order valence-corrected chi connectivity index (χ2v) is 6.25. The van der Waals surface area contributed by atoms with Gasteiger partial charge in [0.1, 0.15) is 0 Å². The summed E-state index contributed by atoms with van der Waals surface area (Å²) in [6.07, 6.45) is 0.574. The van der Waals surface area contributed by atoms with Gasteiger partial charge in [0.25, 0.3) is 0 Å². The largest absolute Gasteiger partial charge is 0.326 e. The van der Waals surface area contributed by atoms with E-state index in [2.05, 4.69) is 47.0 Å². The third kappa shape index (κ3) is 4.51. The molecule has 1 amide bonds. The average Bonchev–Trinajstić information content (AvgIpc) is 2.16. The standard InChI is InChI=1S/C13H18INO/c1-9(2)8-13(16)15-12-6-4-11(5-7-12)10(3)14/h4-7,9-10H,8H2,1-3H3,(H,15,16)/t10-/m0/s1. The Hall–Kier alpha value is -0.580. The molecular weight excluding hydrogens is 313 g/mol. The van der Waals surface area contributed by atoms with Crippen molar-refractivity contribution in [3.05, 3.63) is 29.8 Å². The number of amides is 1. The molecule has 0 saturated carbocycles. The molecule has 1 rings (SSSR count). The van der Waals surface area contributed by atoms with Crippen LogP contribution in [0.3, 0.4) is 0 Å². The summed E-state index contributed by atoms with van der Waals surface area (Å²) in [6, 6.07) is 8.04. The van der Waals surface area contributed by atoms with E-state index >= 15 is 0 Å². The van der Waals surface area contributed by atoms with Crippen LogP contribution in [-0.2, 0) is 4.79 Å². The Labute approximate surface area is 111 Å². The topological polar surface area (TPSA) is 29.1 Å². The predicted molar refractivity (Wildman–Crippen MR) is 77.0 cm³/mol. The highest BCUT2D eigenvalue weighted by molar-refractivity contribution is 14.1. The van der Waals surface area contributed by atoms with Crippen LogP contribution in [0.5, 0.6) is 0 Å². The number of benzene rings is 1. The van der Waals surface area contributed by atoms with E-state index in [0.29, 0.717) is 16.3 Å². The molecule has 0 aromatic heterocycles. The van der Waals surface area contributed by atoms with Crippen molar-refractivity contribution in [2.75, 3.05) is 5.32 Å². The first-order chi connectivity index (χ1) is 7.49. The van der Waals surface area contributed by atoms with E-state index in [9.17, 15) is 4.79 Å². The summed E-state index contributed by atoms with van der Waals surface area (Å²) in [5.41, 5.74) is 2.16. The van der Waals surface area contributed by atoms with Gasteiger partial charge >= 0.3 is 0 Å². The Balaban J connectivity index is 2.58. The van der Waals surface area contributed by atoms with Gasteiger partial charge in [0, 0.05) is 16.0 Å². The molecule has 0 aliphatic carbocycles. The monoisotopic (exact) mass is 331 g/mol. The van der Waals surface area contributed by atoms with E-state index in [1.54, 1.807) is 0 Å². The van der Waals surface area contributed by atoms with Crippen molar-refractivity contribution < 1.29 is 4.79 Å². The molecule has 0 unspecified atom stereocenters. The quantitative estimate of drug-likeness (QED) is 0.651. The number of carbonyl (C=O) groups is 1. The van der Waals surface area contributed by atoms with Gasteiger partial charge in [-0.25, -0.2) is 0 Å². The van der Waals surface area contributed by atoms with E-state index in [1.807, 2.05) is 26.0 Å². The zero-order valence-corrected chi connectivity index (χ0v) is 12.1. The lowest BCUT2D eigenvalue weighted by Crippen LogP contribution is -2.13. The molecule has 16 heavy (non-hydrogen) atoms. The molecule has 1 aromatic rings. The van der Waals surface area contributed by atoms with E-state index < -0.39 is 0 Å². The molecule has 1 atom stereocenters. The van der Waals surface area contributed by atoms with Gasteiger partial charge in [-0.05, 0) is 30.5 Å². The van der Waals surface area contributed by atoms with Crippen LogP contribution in [0.15, 0.2) is 24.3 Å². The van der Waals surface area contributed by atoms with Crippen LogP contribution < -0.4 is 5.32 Å². The molecule has 0 fully saturated rings. The SMILES string of the molecule is CC(C)CC(=O)Nc1ccc([C@H](C)I)cc1. The van der Waals surface area contributed by atoms with Gasteiger partial charge < -0.3 is 5.32 Å². The van der Waals surface area contributed by atoms with Crippen molar-refractivity contribution >= 4 is 34.2 Å².